The fourth-order valence-electron chi connectivity index (χ4n) is 3.91. The number of amides is 1. The van der Waals surface area contributed by atoms with Crippen LogP contribution in [-0.2, 0) is 4.79 Å². The Kier molecular flexibility index (Phi) is 3.98. The van der Waals surface area contributed by atoms with Crippen LogP contribution in [0.2, 0.25) is 0 Å². The molecule has 1 aromatic carbocycles. The van der Waals surface area contributed by atoms with E-state index in [0.29, 0.717) is 12.3 Å². The number of nitroso groups, excluding NO2 is 1. The average Bonchev–Trinajstić information content (AvgIpc) is 3.29. The number of benzene rings is 1. The zero-order valence-corrected chi connectivity index (χ0v) is 13.0. The van der Waals surface area contributed by atoms with E-state index >= 15 is 0 Å². The van der Waals surface area contributed by atoms with Crippen molar-refractivity contribution >= 4 is 25.0 Å². The molecule has 0 heterocycles. The first kappa shape index (κ1) is 15.1. The molecule has 22 heavy (non-hydrogen) atoms. The number of carbonyl (C=O) groups is 2. The molecular weight excluding hydrogens is 277 g/mol. The van der Waals surface area contributed by atoms with Crippen LogP contribution in [0.15, 0.2) is 23.4 Å². The van der Waals surface area contributed by atoms with Gasteiger partial charge in [0.25, 0.3) is 5.91 Å². The van der Waals surface area contributed by atoms with Crippen LogP contribution in [0.5, 0.6) is 0 Å². The van der Waals surface area contributed by atoms with Gasteiger partial charge in [-0.3, -0.25) is 9.59 Å². The smallest absolute Gasteiger partial charge is 0.286 e. The molecule has 1 fully saturated rings. The molecule has 4 nitrogen and oxygen atoms in total. The van der Waals surface area contributed by atoms with Crippen LogP contribution in [0.1, 0.15) is 54.4 Å². The highest BCUT2D eigenvalue weighted by atomic mass is 16.3. The van der Waals surface area contributed by atoms with Crippen molar-refractivity contribution in [3.05, 3.63) is 34.2 Å². The zero-order chi connectivity index (χ0) is 15.9. The van der Waals surface area contributed by atoms with Gasteiger partial charge in [-0.15, -0.1) is 4.91 Å². The quantitative estimate of drug-likeness (QED) is 0.616. The van der Waals surface area contributed by atoms with E-state index in [2.05, 4.69) is 19.1 Å². The molecule has 0 bridgehead atoms. The van der Waals surface area contributed by atoms with E-state index in [1.54, 1.807) is 0 Å². The molecule has 1 amide bonds. The van der Waals surface area contributed by atoms with Crippen LogP contribution in [0.4, 0.5) is 0 Å². The van der Waals surface area contributed by atoms with Crippen molar-refractivity contribution in [2.75, 3.05) is 0 Å². The Morgan fingerprint density at radius 3 is 2.77 bits per heavy atom. The van der Waals surface area contributed by atoms with Crippen molar-refractivity contribution < 1.29 is 9.59 Å². The fraction of sp³-hybridized carbons (Fsp3) is 0.529. The second-order valence-electron chi connectivity index (χ2n) is 6.84. The Hall–Kier alpha value is -1.78. The van der Waals surface area contributed by atoms with Gasteiger partial charge < -0.3 is 0 Å². The number of ketones is 1. The molecule has 1 saturated carbocycles. The van der Waals surface area contributed by atoms with E-state index in [4.69, 9.17) is 0 Å². The van der Waals surface area contributed by atoms with Gasteiger partial charge in [0.2, 0.25) is 0 Å². The summed E-state index contributed by atoms with van der Waals surface area (Å²) in [6.45, 7) is 2.02. The van der Waals surface area contributed by atoms with Crippen LogP contribution < -0.4 is 5.46 Å². The predicted molar refractivity (Wildman–Crippen MR) is 87.1 cm³/mol. The van der Waals surface area contributed by atoms with Gasteiger partial charge in [-0.2, -0.15) is 0 Å². The van der Waals surface area contributed by atoms with Crippen LogP contribution in [0, 0.1) is 22.7 Å². The van der Waals surface area contributed by atoms with Crippen molar-refractivity contribution in [3.8, 4) is 0 Å². The van der Waals surface area contributed by atoms with Gasteiger partial charge in [0.15, 0.2) is 5.78 Å². The van der Waals surface area contributed by atoms with Gasteiger partial charge in [0.1, 0.15) is 7.85 Å². The summed E-state index contributed by atoms with van der Waals surface area (Å²) in [5, 5.41) is 2.45. The fourth-order valence-corrected chi connectivity index (χ4v) is 3.91. The average molecular weight is 297 g/mol. The first-order valence-electron chi connectivity index (χ1n) is 8.04. The normalized spacial score (nSPS) is 24.9. The van der Waals surface area contributed by atoms with Gasteiger partial charge in [0, 0.05) is 23.1 Å². The Bertz CT molecular complexity index is 639. The van der Waals surface area contributed by atoms with Gasteiger partial charge >= 0.3 is 0 Å². The van der Waals surface area contributed by atoms with Gasteiger partial charge in [-0.05, 0) is 42.6 Å². The Labute approximate surface area is 131 Å². The molecule has 3 unspecified atom stereocenters. The first-order valence-corrected chi connectivity index (χ1v) is 8.04. The second kappa shape index (κ2) is 5.78. The number of hydrogen-bond donors (Lipinski definition) is 0. The highest BCUT2D eigenvalue weighted by molar-refractivity contribution is 6.32. The minimum absolute atomic E-state index is 0.0521. The van der Waals surface area contributed by atoms with Crippen molar-refractivity contribution in [1.29, 1.82) is 0 Å². The maximum absolute atomic E-state index is 12.8. The van der Waals surface area contributed by atoms with Crippen molar-refractivity contribution in [3.63, 3.8) is 0 Å². The number of rotatable bonds is 5. The molecule has 0 radical (unpaired) electrons. The summed E-state index contributed by atoms with van der Waals surface area (Å²) in [5.41, 5.74) is 3.24. The molecule has 2 aliphatic rings. The summed E-state index contributed by atoms with van der Waals surface area (Å²) in [4.78, 5) is 34.2. The van der Waals surface area contributed by atoms with E-state index in [0.717, 1.165) is 5.56 Å². The summed E-state index contributed by atoms with van der Waals surface area (Å²) in [6, 6.07) is 6.10. The Morgan fingerprint density at radius 2 is 2.14 bits per heavy atom. The Morgan fingerprint density at radius 1 is 1.41 bits per heavy atom. The lowest BCUT2D eigenvalue weighted by Crippen LogP contribution is -2.23. The largest absolute Gasteiger partial charge is 0.294 e. The van der Waals surface area contributed by atoms with E-state index in [9.17, 15) is 14.5 Å². The summed E-state index contributed by atoms with van der Waals surface area (Å²) in [7, 11) is 2.06. The molecular formula is C17H20BNO3. The minimum Gasteiger partial charge on any atom is -0.294 e. The lowest BCUT2D eigenvalue weighted by atomic mass is 9.77. The van der Waals surface area contributed by atoms with Gasteiger partial charge in [-0.25, -0.2) is 0 Å². The number of nitrogens with zero attached hydrogens (tertiary/aromatic N) is 1. The third kappa shape index (κ3) is 2.64. The number of carbonyl (C=O) groups excluding carboxylic acids is 2. The third-order valence-corrected chi connectivity index (χ3v) is 5.18. The van der Waals surface area contributed by atoms with Crippen molar-refractivity contribution in [2.24, 2.45) is 22.9 Å². The van der Waals surface area contributed by atoms with Crippen molar-refractivity contribution in [2.45, 2.75) is 38.5 Å². The lowest BCUT2D eigenvalue weighted by Gasteiger charge is -2.25. The molecule has 1 aromatic rings. The van der Waals surface area contributed by atoms with E-state index < -0.39 is 5.91 Å². The van der Waals surface area contributed by atoms with Crippen LogP contribution >= 0.6 is 0 Å². The first-order chi connectivity index (χ1) is 10.5. The molecule has 0 saturated heterocycles. The van der Waals surface area contributed by atoms with E-state index in [1.165, 1.54) is 23.9 Å². The third-order valence-electron chi connectivity index (χ3n) is 5.18. The monoisotopic (exact) mass is 297 g/mol. The molecule has 3 atom stereocenters. The minimum atomic E-state index is -0.617. The van der Waals surface area contributed by atoms with Crippen LogP contribution in [0.3, 0.4) is 0 Å². The summed E-state index contributed by atoms with van der Waals surface area (Å²) in [5.74, 6) is 0.524. The summed E-state index contributed by atoms with van der Waals surface area (Å²) < 4.78 is 0. The van der Waals surface area contributed by atoms with Crippen molar-refractivity contribution in [1.82, 2.24) is 0 Å². The summed E-state index contributed by atoms with van der Waals surface area (Å²) >= 11 is 0. The predicted octanol–water partition coefficient (Wildman–Crippen LogP) is 1.96. The highest BCUT2D eigenvalue weighted by Crippen LogP contribution is 2.54. The maximum atomic E-state index is 12.8. The summed E-state index contributed by atoms with van der Waals surface area (Å²) in [6.07, 6.45) is 3.06. The van der Waals surface area contributed by atoms with Gasteiger partial charge in [-0.1, -0.05) is 30.6 Å². The highest BCUT2D eigenvalue weighted by Gasteiger charge is 2.48. The van der Waals surface area contributed by atoms with Crippen LogP contribution in [-0.4, -0.2) is 19.5 Å². The molecule has 0 aliphatic heterocycles. The lowest BCUT2D eigenvalue weighted by molar-refractivity contribution is -0.118. The SMILES string of the molecule is Bc1ccc2c(c1)C(C1CC1)C(C(C)CCC(=O)N=O)C2=O. The molecule has 114 valence electrons. The van der Waals surface area contributed by atoms with Gasteiger partial charge in [0.05, 0.1) is 0 Å². The zero-order valence-electron chi connectivity index (χ0n) is 13.0. The molecule has 2 aliphatic carbocycles. The van der Waals surface area contributed by atoms with Crippen LogP contribution in [0.25, 0.3) is 0 Å². The Balaban J connectivity index is 1.86. The molecule has 5 heteroatoms. The van der Waals surface area contributed by atoms with E-state index in [1.807, 2.05) is 19.1 Å². The molecule has 3 rings (SSSR count). The maximum Gasteiger partial charge on any atom is 0.286 e. The molecule has 0 N–H and O–H groups in total. The number of Topliss-reactive ketones (excluding diaryl/α,β-unsaturated/α-hetero) is 1. The molecule has 0 aromatic heterocycles. The number of fused-ring (bicyclic) bond motifs is 1. The number of hydrogen-bond acceptors (Lipinski definition) is 3. The topological polar surface area (TPSA) is 63.6 Å². The van der Waals surface area contributed by atoms with E-state index in [-0.39, 0.29) is 30.0 Å². The standard InChI is InChI=1S/C17H20BNO3/c1-9(2-7-14(20)19-22)15-16(10-3-4-10)13-8-11(18)5-6-12(13)17(15)21/h5-6,8-10,15-16H,2-4,7,18H2,1H3. The second-order valence-corrected chi connectivity index (χ2v) is 6.84. The molecule has 0 spiro atoms.